The van der Waals surface area contributed by atoms with Crippen LogP contribution in [0.2, 0.25) is 0 Å². The van der Waals surface area contributed by atoms with Crippen LogP contribution in [0, 0.1) is 5.82 Å². The minimum absolute atomic E-state index is 0.266. The number of benzene rings is 1. The van der Waals surface area contributed by atoms with Gasteiger partial charge in [0.2, 0.25) is 10.0 Å². The summed E-state index contributed by atoms with van der Waals surface area (Å²) in [6, 6.07) is 6.19. The SMILES string of the molecule is CC(C)(CNCc1ccc(F)cc1)NS(C)(=O)=O. The Morgan fingerprint density at radius 1 is 1.22 bits per heavy atom. The summed E-state index contributed by atoms with van der Waals surface area (Å²) >= 11 is 0. The number of sulfonamides is 1. The molecule has 2 N–H and O–H groups in total. The van der Waals surface area contributed by atoms with Crippen molar-refractivity contribution in [1.29, 1.82) is 0 Å². The molecule has 0 atom stereocenters. The average Bonchev–Trinajstić information content (AvgIpc) is 2.17. The lowest BCUT2D eigenvalue weighted by Gasteiger charge is -2.25. The van der Waals surface area contributed by atoms with Gasteiger partial charge in [0.05, 0.1) is 6.26 Å². The predicted molar refractivity (Wildman–Crippen MR) is 70.2 cm³/mol. The second-order valence-corrected chi connectivity index (χ2v) is 6.74. The molecule has 0 aliphatic heterocycles. The molecule has 0 aromatic heterocycles. The molecule has 1 aromatic rings. The highest BCUT2D eigenvalue weighted by molar-refractivity contribution is 7.88. The van der Waals surface area contributed by atoms with E-state index < -0.39 is 15.6 Å². The lowest BCUT2D eigenvalue weighted by molar-refractivity contribution is 0.421. The molecule has 0 bridgehead atoms. The number of halogens is 1. The maximum atomic E-state index is 12.7. The van der Waals surface area contributed by atoms with Crippen LogP contribution in [0.15, 0.2) is 24.3 Å². The molecule has 0 unspecified atom stereocenters. The molecule has 0 amide bonds. The van der Waals surface area contributed by atoms with E-state index in [9.17, 15) is 12.8 Å². The van der Waals surface area contributed by atoms with E-state index in [1.165, 1.54) is 12.1 Å². The fraction of sp³-hybridized carbons (Fsp3) is 0.500. The number of hydrogen-bond acceptors (Lipinski definition) is 3. The third-order valence-electron chi connectivity index (χ3n) is 2.27. The number of rotatable bonds is 6. The highest BCUT2D eigenvalue weighted by Crippen LogP contribution is 2.05. The van der Waals surface area contributed by atoms with Gasteiger partial charge < -0.3 is 5.32 Å². The zero-order valence-electron chi connectivity index (χ0n) is 10.8. The van der Waals surface area contributed by atoms with Crippen molar-refractivity contribution in [3.05, 3.63) is 35.6 Å². The number of hydrogen-bond donors (Lipinski definition) is 2. The van der Waals surface area contributed by atoms with Gasteiger partial charge in [-0.05, 0) is 31.5 Å². The fourth-order valence-corrected chi connectivity index (χ4v) is 2.74. The first-order valence-electron chi connectivity index (χ1n) is 5.62. The molecule has 0 saturated carbocycles. The minimum atomic E-state index is -3.22. The summed E-state index contributed by atoms with van der Waals surface area (Å²) in [6.07, 6.45) is 1.13. The summed E-state index contributed by atoms with van der Waals surface area (Å²) in [7, 11) is -3.22. The van der Waals surface area contributed by atoms with Gasteiger partial charge in [-0.15, -0.1) is 0 Å². The summed E-state index contributed by atoms with van der Waals surface area (Å²) in [5.74, 6) is -0.266. The Morgan fingerprint density at radius 3 is 2.28 bits per heavy atom. The molecule has 1 rings (SSSR count). The van der Waals surface area contributed by atoms with Gasteiger partial charge in [-0.25, -0.2) is 17.5 Å². The summed E-state index contributed by atoms with van der Waals surface area (Å²) < 4.78 is 37.5. The molecule has 4 nitrogen and oxygen atoms in total. The van der Waals surface area contributed by atoms with Gasteiger partial charge in [-0.3, -0.25) is 0 Å². The molecule has 0 radical (unpaired) electrons. The highest BCUT2D eigenvalue weighted by Gasteiger charge is 2.21. The standard InChI is InChI=1S/C12H19FN2O2S/c1-12(2,15-18(3,16)17)9-14-8-10-4-6-11(13)7-5-10/h4-7,14-15H,8-9H2,1-3H3. The minimum Gasteiger partial charge on any atom is -0.311 e. The molecular weight excluding hydrogens is 255 g/mol. The van der Waals surface area contributed by atoms with E-state index in [1.54, 1.807) is 26.0 Å². The largest absolute Gasteiger partial charge is 0.311 e. The Kier molecular flexibility index (Phi) is 4.84. The van der Waals surface area contributed by atoms with Crippen molar-refractivity contribution in [3.63, 3.8) is 0 Å². The molecule has 0 heterocycles. The topological polar surface area (TPSA) is 58.2 Å². The van der Waals surface area contributed by atoms with Crippen molar-refractivity contribution in [3.8, 4) is 0 Å². The molecule has 6 heteroatoms. The summed E-state index contributed by atoms with van der Waals surface area (Å²) in [4.78, 5) is 0. The average molecular weight is 274 g/mol. The first kappa shape index (κ1) is 15.1. The van der Waals surface area contributed by atoms with Crippen molar-refractivity contribution in [1.82, 2.24) is 10.0 Å². The van der Waals surface area contributed by atoms with E-state index in [-0.39, 0.29) is 5.82 Å². The lowest BCUT2D eigenvalue weighted by atomic mass is 10.1. The van der Waals surface area contributed by atoms with Crippen LogP contribution in [0.1, 0.15) is 19.4 Å². The molecule has 0 fully saturated rings. The van der Waals surface area contributed by atoms with Crippen LogP contribution in [0.4, 0.5) is 4.39 Å². The van der Waals surface area contributed by atoms with Gasteiger partial charge in [0.25, 0.3) is 0 Å². The first-order valence-corrected chi connectivity index (χ1v) is 7.51. The van der Waals surface area contributed by atoms with Crippen molar-refractivity contribution < 1.29 is 12.8 Å². The smallest absolute Gasteiger partial charge is 0.209 e. The van der Waals surface area contributed by atoms with E-state index >= 15 is 0 Å². The van der Waals surface area contributed by atoms with Gasteiger partial charge in [0.1, 0.15) is 5.82 Å². The van der Waals surface area contributed by atoms with Crippen molar-refractivity contribution in [2.24, 2.45) is 0 Å². The van der Waals surface area contributed by atoms with E-state index in [0.717, 1.165) is 11.8 Å². The maximum absolute atomic E-state index is 12.7. The van der Waals surface area contributed by atoms with Crippen LogP contribution >= 0.6 is 0 Å². The third kappa shape index (κ3) is 6.09. The van der Waals surface area contributed by atoms with Gasteiger partial charge in [-0.1, -0.05) is 12.1 Å². The summed E-state index contributed by atoms with van der Waals surface area (Å²) in [6.45, 7) is 4.64. The van der Waals surface area contributed by atoms with Gasteiger partial charge in [0, 0.05) is 18.6 Å². The maximum Gasteiger partial charge on any atom is 0.209 e. The predicted octanol–water partition coefficient (Wildman–Crippen LogP) is 1.24. The van der Waals surface area contributed by atoms with E-state index in [1.807, 2.05) is 0 Å². The lowest BCUT2D eigenvalue weighted by Crippen LogP contribution is -2.49. The Morgan fingerprint density at radius 2 is 1.78 bits per heavy atom. The Hall–Kier alpha value is -0.980. The summed E-state index contributed by atoms with van der Waals surface area (Å²) in [5.41, 5.74) is 0.389. The van der Waals surface area contributed by atoms with Crippen molar-refractivity contribution >= 4 is 10.0 Å². The van der Waals surface area contributed by atoms with Crippen LogP contribution in [-0.2, 0) is 16.6 Å². The second kappa shape index (κ2) is 5.77. The normalized spacial score (nSPS) is 12.7. The van der Waals surface area contributed by atoms with Crippen LogP contribution < -0.4 is 10.0 Å². The molecule has 0 aliphatic rings. The van der Waals surface area contributed by atoms with Crippen molar-refractivity contribution in [2.75, 3.05) is 12.8 Å². The Balaban J connectivity index is 2.43. The highest BCUT2D eigenvalue weighted by atomic mass is 32.2. The molecule has 18 heavy (non-hydrogen) atoms. The van der Waals surface area contributed by atoms with Crippen LogP contribution in [0.25, 0.3) is 0 Å². The van der Waals surface area contributed by atoms with E-state index in [4.69, 9.17) is 0 Å². The molecule has 102 valence electrons. The molecule has 0 spiro atoms. The molecule has 1 aromatic carbocycles. The zero-order valence-corrected chi connectivity index (χ0v) is 11.6. The van der Waals surface area contributed by atoms with Crippen molar-refractivity contribution in [2.45, 2.75) is 25.9 Å². The quantitative estimate of drug-likeness (QED) is 0.820. The van der Waals surface area contributed by atoms with Crippen LogP contribution in [0.5, 0.6) is 0 Å². The molecule has 0 aliphatic carbocycles. The Labute approximate surface area is 108 Å². The molecular formula is C12H19FN2O2S. The van der Waals surface area contributed by atoms with Gasteiger partial charge >= 0.3 is 0 Å². The Bertz CT molecular complexity index is 483. The fourth-order valence-electron chi connectivity index (χ4n) is 1.66. The molecule has 0 saturated heterocycles. The van der Waals surface area contributed by atoms with Gasteiger partial charge in [-0.2, -0.15) is 0 Å². The summed E-state index contributed by atoms with van der Waals surface area (Å²) in [5, 5.41) is 3.13. The van der Waals surface area contributed by atoms with E-state index in [0.29, 0.717) is 13.1 Å². The number of nitrogens with one attached hydrogen (secondary N) is 2. The zero-order chi connectivity index (χ0) is 13.8. The second-order valence-electron chi connectivity index (χ2n) is 4.99. The van der Waals surface area contributed by atoms with E-state index in [2.05, 4.69) is 10.0 Å². The monoisotopic (exact) mass is 274 g/mol. The first-order chi connectivity index (χ1) is 8.18. The van der Waals surface area contributed by atoms with Crippen LogP contribution in [0.3, 0.4) is 0 Å². The van der Waals surface area contributed by atoms with Crippen LogP contribution in [-0.4, -0.2) is 26.8 Å². The van der Waals surface area contributed by atoms with Gasteiger partial charge in [0.15, 0.2) is 0 Å². The third-order valence-corrected chi connectivity index (χ3v) is 3.19.